The molecule has 0 bridgehead atoms. The number of nitrogen functional groups attached to an aromatic ring is 1. The van der Waals surface area contributed by atoms with E-state index in [1.54, 1.807) is 30.3 Å². The Bertz CT molecular complexity index is 1020. The number of ketones is 1. The van der Waals surface area contributed by atoms with Crippen LogP contribution in [0.4, 0.5) is 5.69 Å². The molecule has 0 atom stereocenters. The molecule has 0 aliphatic carbocycles. The average Bonchev–Trinajstić information content (AvgIpc) is 3.07. The largest absolute Gasteiger partial charge is 0.477 e. The molecule has 0 saturated heterocycles. The van der Waals surface area contributed by atoms with Crippen molar-refractivity contribution in [3.8, 4) is 5.69 Å². The third-order valence-electron chi connectivity index (χ3n) is 3.68. The molecule has 8 heteroatoms. The van der Waals surface area contributed by atoms with Crippen molar-refractivity contribution < 1.29 is 24.6 Å². The summed E-state index contributed by atoms with van der Waals surface area (Å²) in [6.45, 7) is 0. The number of carbonyl (C=O) groups excluding carboxylic acids is 1. The van der Waals surface area contributed by atoms with Crippen molar-refractivity contribution in [1.29, 1.82) is 0 Å². The number of nitrogens with two attached hydrogens (primary N) is 1. The molecule has 0 amide bonds. The van der Waals surface area contributed by atoms with Gasteiger partial charge >= 0.3 is 11.9 Å². The van der Waals surface area contributed by atoms with Crippen molar-refractivity contribution in [2.45, 2.75) is 0 Å². The normalized spacial score (nSPS) is 10.5. The predicted octanol–water partition coefficient (Wildman–Crippen LogP) is 2.08. The lowest BCUT2D eigenvalue weighted by Crippen LogP contribution is -2.14. The second kappa shape index (κ2) is 6.52. The zero-order valence-electron chi connectivity index (χ0n) is 13.3. The van der Waals surface area contributed by atoms with Gasteiger partial charge in [0.2, 0.25) is 0 Å². The van der Waals surface area contributed by atoms with E-state index in [9.17, 15) is 19.5 Å². The van der Waals surface area contributed by atoms with Crippen LogP contribution < -0.4 is 5.73 Å². The molecule has 0 radical (unpaired) electrons. The molecule has 0 fully saturated rings. The summed E-state index contributed by atoms with van der Waals surface area (Å²) in [5.74, 6) is -3.14. The minimum absolute atomic E-state index is 0.110. The number of carboxylic acid groups (broad SMARTS) is 2. The van der Waals surface area contributed by atoms with Crippen LogP contribution in [0.1, 0.15) is 36.9 Å². The summed E-state index contributed by atoms with van der Waals surface area (Å²) < 4.78 is 0.918. The standard InChI is InChI=1S/C18H13N3O5/c19-11-6-7-14(12(8-11)16(22)10-4-2-1-3-5-10)21-15(18(25)26)9-13(20-21)17(23)24/h1-9H,19H2,(H,23,24)(H,25,26). The number of hydrogen-bond donors (Lipinski definition) is 3. The van der Waals surface area contributed by atoms with E-state index in [-0.39, 0.29) is 16.9 Å². The molecule has 8 nitrogen and oxygen atoms in total. The fourth-order valence-corrected chi connectivity index (χ4v) is 2.49. The molecule has 0 saturated carbocycles. The van der Waals surface area contributed by atoms with Gasteiger partial charge in [-0.2, -0.15) is 5.10 Å². The smallest absolute Gasteiger partial charge is 0.356 e. The van der Waals surface area contributed by atoms with Crippen LogP contribution in [0.3, 0.4) is 0 Å². The minimum Gasteiger partial charge on any atom is -0.477 e. The van der Waals surface area contributed by atoms with Crippen molar-refractivity contribution in [3.63, 3.8) is 0 Å². The molecule has 0 unspecified atom stereocenters. The molecular weight excluding hydrogens is 338 g/mol. The van der Waals surface area contributed by atoms with Crippen LogP contribution in [-0.2, 0) is 0 Å². The first kappa shape index (κ1) is 16.9. The van der Waals surface area contributed by atoms with Gasteiger partial charge in [0.15, 0.2) is 17.2 Å². The van der Waals surface area contributed by atoms with E-state index in [0.717, 1.165) is 10.7 Å². The highest BCUT2D eigenvalue weighted by Gasteiger charge is 2.23. The van der Waals surface area contributed by atoms with E-state index in [4.69, 9.17) is 10.8 Å². The van der Waals surface area contributed by atoms with E-state index in [0.29, 0.717) is 11.3 Å². The molecular formula is C18H13N3O5. The number of benzene rings is 2. The highest BCUT2D eigenvalue weighted by Crippen LogP contribution is 2.23. The number of anilines is 1. The van der Waals surface area contributed by atoms with Crippen LogP contribution in [0.2, 0.25) is 0 Å². The van der Waals surface area contributed by atoms with Crippen molar-refractivity contribution >= 4 is 23.4 Å². The monoisotopic (exact) mass is 351 g/mol. The molecule has 3 rings (SSSR count). The zero-order valence-corrected chi connectivity index (χ0v) is 13.3. The van der Waals surface area contributed by atoms with Crippen LogP contribution in [0, 0.1) is 0 Å². The number of carboxylic acids is 2. The summed E-state index contributed by atoms with van der Waals surface area (Å²) in [6, 6.07) is 13.6. The lowest BCUT2D eigenvalue weighted by atomic mass is 10.0. The molecule has 26 heavy (non-hydrogen) atoms. The van der Waals surface area contributed by atoms with Gasteiger partial charge in [0, 0.05) is 17.3 Å². The fraction of sp³-hybridized carbons (Fsp3) is 0. The zero-order chi connectivity index (χ0) is 18.8. The van der Waals surface area contributed by atoms with Gasteiger partial charge in [0.1, 0.15) is 0 Å². The number of rotatable bonds is 5. The Labute approximate surface area is 147 Å². The summed E-state index contributed by atoms with van der Waals surface area (Å²) in [7, 11) is 0. The fourth-order valence-electron chi connectivity index (χ4n) is 2.49. The van der Waals surface area contributed by atoms with Crippen LogP contribution in [0.5, 0.6) is 0 Å². The predicted molar refractivity (Wildman–Crippen MR) is 91.8 cm³/mol. The summed E-state index contributed by atoms with van der Waals surface area (Å²) >= 11 is 0. The van der Waals surface area contributed by atoms with Crippen LogP contribution in [0.15, 0.2) is 54.6 Å². The van der Waals surface area contributed by atoms with Gasteiger partial charge in [-0.05, 0) is 18.2 Å². The third kappa shape index (κ3) is 3.03. The van der Waals surface area contributed by atoms with Crippen LogP contribution in [0.25, 0.3) is 5.69 Å². The lowest BCUT2D eigenvalue weighted by molar-refractivity contribution is 0.0679. The van der Waals surface area contributed by atoms with Gasteiger partial charge in [-0.3, -0.25) is 4.79 Å². The molecule has 4 N–H and O–H groups in total. The van der Waals surface area contributed by atoms with Gasteiger partial charge in [0.05, 0.1) is 11.3 Å². The number of aromatic carboxylic acids is 2. The maximum absolute atomic E-state index is 12.9. The van der Waals surface area contributed by atoms with Gasteiger partial charge in [-0.15, -0.1) is 0 Å². The number of aromatic nitrogens is 2. The van der Waals surface area contributed by atoms with Crippen LogP contribution >= 0.6 is 0 Å². The molecule has 1 aromatic heterocycles. The van der Waals surface area contributed by atoms with E-state index in [1.807, 2.05) is 0 Å². The number of hydrogen-bond acceptors (Lipinski definition) is 5. The summed E-state index contributed by atoms with van der Waals surface area (Å²) in [5, 5.41) is 22.3. The van der Waals surface area contributed by atoms with E-state index in [2.05, 4.69) is 5.10 Å². The van der Waals surface area contributed by atoms with E-state index >= 15 is 0 Å². The second-order valence-corrected chi connectivity index (χ2v) is 5.41. The van der Waals surface area contributed by atoms with Gasteiger partial charge in [-0.25, -0.2) is 14.3 Å². The molecule has 3 aromatic rings. The Morgan fingerprint density at radius 3 is 2.23 bits per heavy atom. The molecule has 0 aliphatic heterocycles. The first-order valence-corrected chi connectivity index (χ1v) is 7.45. The first-order chi connectivity index (χ1) is 12.4. The average molecular weight is 351 g/mol. The minimum atomic E-state index is -1.38. The summed E-state index contributed by atoms with van der Waals surface area (Å²) in [4.78, 5) is 35.5. The highest BCUT2D eigenvalue weighted by molar-refractivity contribution is 6.11. The molecule has 1 heterocycles. The SMILES string of the molecule is Nc1ccc(-n2nc(C(=O)O)cc2C(=O)O)c(C(=O)c2ccccc2)c1. The Hall–Kier alpha value is -3.94. The Balaban J connectivity index is 2.23. The van der Waals surface area contributed by atoms with Crippen molar-refractivity contribution in [3.05, 3.63) is 77.1 Å². The molecule has 0 spiro atoms. The van der Waals surface area contributed by atoms with Crippen molar-refractivity contribution in [2.75, 3.05) is 5.73 Å². The third-order valence-corrected chi connectivity index (χ3v) is 3.68. The van der Waals surface area contributed by atoms with Gasteiger partial charge in [0.25, 0.3) is 0 Å². The summed E-state index contributed by atoms with van der Waals surface area (Å²) in [5.41, 5.74) is 5.86. The molecule has 0 aliphatic rings. The Morgan fingerprint density at radius 1 is 0.923 bits per heavy atom. The molecule has 130 valence electrons. The van der Waals surface area contributed by atoms with Crippen LogP contribution in [-0.4, -0.2) is 37.7 Å². The number of carbonyl (C=O) groups is 3. The topological polar surface area (TPSA) is 136 Å². The number of nitrogens with zero attached hydrogens (tertiary/aromatic N) is 2. The molecule has 2 aromatic carbocycles. The van der Waals surface area contributed by atoms with Gasteiger partial charge < -0.3 is 15.9 Å². The second-order valence-electron chi connectivity index (χ2n) is 5.41. The van der Waals surface area contributed by atoms with Crippen molar-refractivity contribution in [2.24, 2.45) is 0 Å². The van der Waals surface area contributed by atoms with Gasteiger partial charge in [-0.1, -0.05) is 30.3 Å². The van der Waals surface area contributed by atoms with E-state index in [1.165, 1.54) is 18.2 Å². The van der Waals surface area contributed by atoms with Crippen molar-refractivity contribution in [1.82, 2.24) is 9.78 Å². The lowest BCUT2D eigenvalue weighted by Gasteiger charge is -2.11. The summed E-state index contributed by atoms with van der Waals surface area (Å²) in [6.07, 6.45) is 0. The van der Waals surface area contributed by atoms with E-state index < -0.39 is 23.4 Å². The highest BCUT2D eigenvalue weighted by atomic mass is 16.4. The maximum Gasteiger partial charge on any atom is 0.356 e. The Kier molecular flexibility index (Phi) is 4.24. The quantitative estimate of drug-likeness (QED) is 0.473. The maximum atomic E-state index is 12.9. The first-order valence-electron chi connectivity index (χ1n) is 7.45. The Morgan fingerprint density at radius 2 is 1.62 bits per heavy atom.